The van der Waals surface area contributed by atoms with Gasteiger partial charge in [-0.05, 0) is 38.7 Å². The largest absolute Gasteiger partial charge is 0.458 e. The molecule has 4 heterocycles. The molecule has 1 aromatic carbocycles. The van der Waals surface area contributed by atoms with Crippen LogP contribution in [-0.2, 0) is 6.42 Å². The number of imidazole rings is 1. The second-order valence-electron chi connectivity index (χ2n) is 8.71. The lowest BCUT2D eigenvalue weighted by atomic mass is 9.95. The zero-order valence-corrected chi connectivity index (χ0v) is 18.0. The first-order valence-corrected chi connectivity index (χ1v) is 11.0. The molecule has 1 saturated carbocycles. The Morgan fingerprint density at radius 3 is 2.84 bits per heavy atom. The zero-order valence-electron chi connectivity index (χ0n) is 18.0. The van der Waals surface area contributed by atoms with Crippen molar-refractivity contribution in [2.75, 3.05) is 6.54 Å². The lowest BCUT2D eigenvalue weighted by Crippen LogP contribution is -2.41. The second kappa shape index (κ2) is 7.06. The van der Waals surface area contributed by atoms with E-state index in [2.05, 4.69) is 21.0 Å². The lowest BCUT2D eigenvalue weighted by Gasteiger charge is -2.33. The van der Waals surface area contributed by atoms with Gasteiger partial charge in [0.15, 0.2) is 0 Å². The van der Waals surface area contributed by atoms with Crippen molar-refractivity contribution in [3.8, 4) is 0 Å². The van der Waals surface area contributed by atoms with Gasteiger partial charge in [-0.3, -0.25) is 4.79 Å². The van der Waals surface area contributed by atoms with Gasteiger partial charge in [0, 0.05) is 29.6 Å². The van der Waals surface area contributed by atoms with Gasteiger partial charge < -0.3 is 23.8 Å². The molecule has 0 saturated heterocycles. The molecule has 1 fully saturated rings. The summed E-state index contributed by atoms with van der Waals surface area (Å²) in [5.74, 6) is 1.23. The van der Waals surface area contributed by atoms with Gasteiger partial charge in [0.2, 0.25) is 11.7 Å². The van der Waals surface area contributed by atoms with Gasteiger partial charge in [0.25, 0.3) is 5.91 Å². The molecule has 0 radical (unpaired) electrons. The molecule has 0 spiro atoms. The number of aromatic amines is 1. The van der Waals surface area contributed by atoms with Crippen LogP contribution in [0.2, 0.25) is 0 Å². The molecular formula is C24H24N4O4. The summed E-state index contributed by atoms with van der Waals surface area (Å²) in [4.78, 5) is 27.5. The highest BCUT2D eigenvalue weighted by Gasteiger charge is 2.42. The Morgan fingerprint density at radius 1 is 1.28 bits per heavy atom. The highest BCUT2D eigenvalue weighted by Crippen LogP contribution is 2.50. The fourth-order valence-corrected chi connectivity index (χ4v) is 4.77. The predicted octanol–water partition coefficient (Wildman–Crippen LogP) is 4.17. The summed E-state index contributed by atoms with van der Waals surface area (Å²) in [7, 11) is 0. The number of nitrogens with one attached hydrogen (secondary N) is 1. The Morgan fingerprint density at radius 2 is 2.09 bits per heavy atom. The number of oxazole rings is 1. The fourth-order valence-electron chi connectivity index (χ4n) is 4.77. The summed E-state index contributed by atoms with van der Waals surface area (Å²) in [6.45, 7) is 3.78. The van der Waals surface area contributed by atoms with Crippen LogP contribution >= 0.6 is 0 Å². The first kappa shape index (κ1) is 19.3. The van der Waals surface area contributed by atoms with Crippen LogP contribution in [0, 0.1) is 6.92 Å². The molecule has 0 bridgehead atoms. The van der Waals surface area contributed by atoms with Crippen LogP contribution in [0.3, 0.4) is 0 Å². The topological polar surface area (TPSA) is 108 Å². The molecule has 1 aliphatic heterocycles. The smallest absolute Gasteiger partial charge is 0.292 e. The quantitative estimate of drug-likeness (QED) is 0.501. The molecule has 2 N–H and O–H groups in total. The predicted molar refractivity (Wildman–Crippen MR) is 115 cm³/mol. The van der Waals surface area contributed by atoms with E-state index in [1.807, 2.05) is 18.2 Å². The Hall–Kier alpha value is -3.39. The maximum Gasteiger partial charge on any atom is 0.292 e. The monoisotopic (exact) mass is 432 g/mol. The van der Waals surface area contributed by atoms with Gasteiger partial charge in [-0.1, -0.05) is 18.2 Å². The number of aryl methyl sites for hydroxylation is 1. The van der Waals surface area contributed by atoms with E-state index in [1.54, 1.807) is 25.1 Å². The number of aliphatic hydroxyl groups is 1. The molecule has 6 rings (SSSR count). The number of benzene rings is 1. The van der Waals surface area contributed by atoms with Crippen LogP contribution in [0.15, 0.2) is 39.4 Å². The zero-order chi connectivity index (χ0) is 22.0. The second-order valence-corrected chi connectivity index (χ2v) is 8.71. The van der Waals surface area contributed by atoms with Gasteiger partial charge >= 0.3 is 0 Å². The fraction of sp³-hybridized carbons (Fsp3) is 0.375. The molecule has 164 valence electrons. The van der Waals surface area contributed by atoms with E-state index < -0.39 is 12.1 Å². The molecule has 3 aromatic heterocycles. The summed E-state index contributed by atoms with van der Waals surface area (Å²) in [5, 5.41) is 11.0. The highest BCUT2D eigenvalue weighted by atomic mass is 16.4. The van der Waals surface area contributed by atoms with Crippen molar-refractivity contribution in [2.45, 2.75) is 51.2 Å². The minimum Gasteiger partial charge on any atom is -0.458 e. The molecule has 8 nitrogen and oxygen atoms in total. The number of amides is 1. The average Bonchev–Trinajstić information content (AvgIpc) is 3.21. The third-order valence-corrected chi connectivity index (χ3v) is 6.45. The van der Waals surface area contributed by atoms with Gasteiger partial charge in [0.1, 0.15) is 23.5 Å². The van der Waals surface area contributed by atoms with Crippen LogP contribution in [0.25, 0.3) is 11.0 Å². The first-order chi connectivity index (χ1) is 15.5. The minimum absolute atomic E-state index is 0.141. The molecule has 4 aromatic rings. The van der Waals surface area contributed by atoms with Crippen molar-refractivity contribution < 1.29 is 18.7 Å². The van der Waals surface area contributed by atoms with E-state index in [-0.39, 0.29) is 17.6 Å². The Balaban J connectivity index is 1.51. The highest BCUT2D eigenvalue weighted by molar-refractivity contribution is 5.93. The van der Waals surface area contributed by atoms with E-state index in [9.17, 15) is 9.90 Å². The summed E-state index contributed by atoms with van der Waals surface area (Å²) in [6.07, 6.45) is 3.68. The van der Waals surface area contributed by atoms with E-state index in [1.165, 1.54) is 5.56 Å². The maximum atomic E-state index is 13.7. The summed E-state index contributed by atoms with van der Waals surface area (Å²) in [6, 6.07) is 7.59. The van der Waals surface area contributed by atoms with Crippen LogP contribution in [0.5, 0.6) is 0 Å². The van der Waals surface area contributed by atoms with Crippen molar-refractivity contribution >= 4 is 16.9 Å². The molecule has 32 heavy (non-hydrogen) atoms. The first-order valence-electron chi connectivity index (χ1n) is 11.0. The van der Waals surface area contributed by atoms with Gasteiger partial charge in [0.05, 0.1) is 17.7 Å². The molecular weight excluding hydrogens is 408 g/mol. The number of para-hydroxylation sites is 1. The average molecular weight is 432 g/mol. The van der Waals surface area contributed by atoms with E-state index in [0.717, 1.165) is 41.0 Å². The number of carbonyl (C=O) groups excluding carboxylic acids is 1. The maximum absolute atomic E-state index is 13.7. The Bertz CT molecular complexity index is 1330. The number of hydrogen-bond donors (Lipinski definition) is 2. The number of carbonyl (C=O) groups is 1. The number of furan rings is 1. The van der Waals surface area contributed by atoms with Crippen LogP contribution in [0.4, 0.5) is 0 Å². The minimum atomic E-state index is -0.887. The van der Waals surface area contributed by atoms with Gasteiger partial charge in [-0.15, -0.1) is 0 Å². The number of H-pyrrole nitrogens is 1. The van der Waals surface area contributed by atoms with Crippen molar-refractivity contribution in [1.29, 1.82) is 0 Å². The standard InChI is InChI=1S/C24H24N4O4/c1-12-21(32-23(27-12)13(2)29)24(30)28-10-9-16-19(26-11-25-16)20(28)22-18(14-7-8-14)15-5-3-4-6-17(15)31-22/h3-6,11,13-14,20,29H,7-10H2,1-2H3,(H,25,26)/t13-,20-/m0/s1. The number of hydrogen-bond acceptors (Lipinski definition) is 6. The normalized spacial score (nSPS) is 19.3. The molecule has 2 aliphatic rings. The lowest BCUT2D eigenvalue weighted by molar-refractivity contribution is 0.0629. The molecule has 8 heteroatoms. The Labute approximate surface area is 184 Å². The van der Waals surface area contributed by atoms with Crippen molar-refractivity contribution in [2.24, 2.45) is 0 Å². The number of rotatable bonds is 4. The molecule has 1 aliphatic carbocycles. The van der Waals surface area contributed by atoms with E-state index in [4.69, 9.17) is 8.83 Å². The third-order valence-electron chi connectivity index (χ3n) is 6.45. The number of fused-ring (bicyclic) bond motifs is 2. The third kappa shape index (κ3) is 2.90. The van der Waals surface area contributed by atoms with Crippen LogP contribution in [0.1, 0.15) is 82.7 Å². The van der Waals surface area contributed by atoms with Gasteiger partial charge in [-0.25, -0.2) is 9.97 Å². The van der Waals surface area contributed by atoms with Crippen molar-refractivity contribution in [3.63, 3.8) is 0 Å². The van der Waals surface area contributed by atoms with Crippen molar-refractivity contribution in [3.05, 3.63) is 70.6 Å². The number of nitrogens with zero attached hydrogens (tertiary/aromatic N) is 3. The summed E-state index contributed by atoms with van der Waals surface area (Å²) in [5.41, 5.74) is 4.29. The Kier molecular flexibility index (Phi) is 4.26. The molecule has 1 amide bonds. The summed E-state index contributed by atoms with van der Waals surface area (Å²) >= 11 is 0. The van der Waals surface area contributed by atoms with Crippen LogP contribution in [-0.4, -0.2) is 37.4 Å². The summed E-state index contributed by atoms with van der Waals surface area (Å²) < 4.78 is 12.1. The van der Waals surface area contributed by atoms with E-state index in [0.29, 0.717) is 24.6 Å². The van der Waals surface area contributed by atoms with Crippen molar-refractivity contribution in [1.82, 2.24) is 19.9 Å². The van der Waals surface area contributed by atoms with E-state index >= 15 is 0 Å². The number of aliphatic hydroxyl groups excluding tert-OH is 1. The number of aromatic nitrogens is 3. The van der Waals surface area contributed by atoms with Gasteiger partial charge in [-0.2, -0.15) is 0 Å². The molecule has 0 unspecified atom stereocenters. The van der Waals surface area contributed by atoms with Crippen LogP contribution < -0.4 is 0 Å². The molecule has 2 atom stereocenters. The SMILES string of the molecule is Cc1nc([C@H](C)O)oc1C(=O)N1CCc2[nH]cnc2[C@H]1c1oc2ccccc2c1C1CC1.